The minimum atomic E-state index is 0.0106. The predicted molar refractivity (Wildman–Crippen MR) is 246 cm³/mol. The Labute approximate surface area is 368 Å². The van der Waals surface area contributed by atoms with Crippen LogP contribution in [-0.2, 0) is 38.7 Å². The molecule has 0 unspecified atom stereocenters. The molecule has 0 spiro atoms. The zero-order valence-electron chi connectivity index (χ0n) is 38.0. The molecule has 4 aliphatic heterocycles. The highest BCUT2D eigenvalue weighted by atomic mass is 16.5. The zero-order valence-corrected chi connectivity index (χ0v) is 38.0. The van der Waals surface area contributed by atoms with Gasteiger partial charge in [-0.3, -0.25) is 29.2 Å². The molecule has 4 fully saturated rings. The van der Waals surface area contributed by atoms with Crippen LogP contribution in [0.25, 0.3) is 0 Å². The molecule has 7 rings (SSSR count). The van der Waals surface area contributed by atoms with Crippen molar-refractivity contribution >= 4 is 11.8 Å². The van der Waals surface area contributed by atoms with E-state index < -0.39 is 0 Å². The van der Waals surface area contributed by atoms with Crippen LogP contribution in [-0.4, -0.2) is 151 Å². The molecule has 3 aromatic rings. The summed E-state index contributed by atoms with van der Waals surface area (Å²) >= 11 is 0. The number of rotatable bonds is 16. The molecular formula is C51H76N6O4. The fourth-order valence-electron chi connectivity index (χ4n) is 9.98. The van der Waals surface area contributed by atoms with E-state index in [4.69, 9.17) is 9.47 Å². The van der Waals surface area contributed by atoms with Crippen molar-refractivity contribution in [2.75, 3.05) is 98.4 Å². The molecule has 0 saturated carbocycles. The summed E-state index contributed by atoms with van der Waals surface area (Å²) in [7, 11) is 0. The van der Waals surface area contributed by atoms with Crippen molar-refractivity contribution in [2.45, 2.75) is 96.9 Å². The first-order chi connectivity index (χ1) is 29.7. The Morgan fingerprint density at radius 2 is 0.902 bits per heavy atom. The average Bonchev–Trinajstić information content (AvgIpc) is 3.30. The fraction of sp³-hybridized carbons (Fsp3) is 0.608. The molecule has 0 aromatic heterocycles. The molecule has 10 heteroatoms. The standard InChI is InChI=1S/C27H37N3O2.C24H39N3O2/c1-2-26(31)29(22-25-11-7-4-8-12-25)23-27(13-19-32-20-14-27)30-17-15-28(16-18-30)21-24-9-5-3-6-10-24;1-4-23(28)26(18-21(2)3)20-24(10-16-29-17-11-24)27-14-12-25(13-15-27)19-22-8-6-5-7-9-22/h3-12H,2,13-23H2,1H3;5-9,21H,4,10-20H2,1-3H3. The van der Waals surface area contributed by atoms with Crippen molar-refractivity contribution in [1.29, 1.82) is 0 Å². The third-order valence-electron chi connectivity index (χ3n) is 13.5. The normalized spacial score (nSPS) is 20.1. The van der Waals surface area contributed by atoms with Gasteiger partial charge in [0.05, 0.1) is 0 Å². The molecule has 2 amide bonds. The Hall–Kier alpha value is -3.64. The van der Waals surface area contributed by atoms with E-state index in [2.05, 4.69) is 128 Å². The number of nitrogens with zero attached hydrogens (tertiary/aromatic N) is 6. The van der Waals surface area contributed by atoms with Gasteiger partial charge in [-0.2, -0.15) is 0 Å². The summed E-state index contributed by atoms with van der Waals surface area (Å²) in [6, 6.07) is 31.9. The maximum absolute atomic E-state index is 12.9. The van der Waals surface area contributed by atoms with Crippen LogP contribution in [0.1, 0.15) is 82.9 Å². The second-order valence-corrected chi connectivity index (χ2v) is 18.3. The Kier molecular flexibility index (Phi) is 18.2. The van der Waals surface area contributed by atoms with Gasteiger partial charge < -0.3 is 19.3 Å². The second-order valence-electron chi connectivity index (χ2n) is 18.3. The molecule has 0 bridgehead atoms. The number of ether oxygens (including phenoxy) is 2. The van der Waals surface area contributed by atoms with Crippen molar-refractivity contribution in [3.8, 4) is 0 Å². The monoisotopic (exact) mass is 837 g/mol. The van der Waals surface area contributed by atoms with E-state index in [9.17, 15) is 9.59 Å². The fourth-order valence-corrected chi connectivity index (χ4v) is 9.98. The summed E-state index contributed by atoms with van der Waals surface area (Å²) in [6.07, 6.45) is 5.17. The highest BCUT2D eigenvalue weighted by molar-refractivity contribution is 5.76. The summed E-state index contributed by atoms with van der Waals surface area (Å²) in [4.78, 5) is 40.3. The van der Waals surface area contributed by atoms with E-state index in [1.165, 1.54) is 16.7 Å². The molecule has 0 atom stereocenters. The van der Waals surface area contributed by atoms with Crippen LogP contribution < -0.4 is 0 Å². The van der Waals surface area contributed by atoms with Crippen LogP contribution in [0.4, 0.5) is 0 Å². The van der Waals surface area contributed by atoms with Crippen LogP contribution in [0.15, 0.2) is 91.0 Å². The van der Waals surface area contributed by atoms with Gasteiger partial charge in [-0.05, 0) is 48.3 Å². The average molecular weight is 837 g/mol. The predicted octanol–water partition coefficient (Wildman–Crippen LogP) is 7.04. The zero-order chi connectivity index (χ0) is 42.9. The van der Waals surface area contributed by atoms with E-state index in [-0.39, 0.29) is 22.9 Å². The maximum atomic E-state index is 12.9. The van der Waals surface area contributed by atoms with Crippen LogP contribution >= 0.6 is 0 Å². The number of amides is 2. The lowest BCUT2D eigenvalue weighted by Gasteiger charge is -2.51. The molecular weight excluding hydrogens is 761 g/mol. The molecule has 4 saturated heterocycles. The first-order valence-electron chi connectivity index (χ1n) is 23.5. The van der Waals surface area contributed by atoms with Crippen LogP contribution in [0, 0.1) is 5.92 Å². The third-order valence-corrected chi connectivity index (χ3v) is 13.5. The van der Waals surface area contributed by atoms with Gasteiger partial charge in [0.15, 0.2) is 0 Å². The summed E-state index contributed by atoms with van der Waals surface area (Å²) in [5.74, 6) is 1.01. The quantitative estimate of drug-likeness (QED) is 0.152. The third kappa shape index (κ3) is 13.7. The number of carbonyl (C=O) groups excluding carboxylic acids is 2. The van der Waals surface area contributed by atoms with Gasteiger partial charge in [-0.15, -0.1) is 0 Å². The number of piperazine rings is 2. The number of carbonyl (C=O) groups is 2. The molecule has 61 heavy (non-hydrogen) atoms. The number of hydrogen-bond acceptors (Lipinski definition) is 8. The minimum Gasteiger partial charge on any atom is -0.381 e. The van der Waals surface area contributed by atoms with E-state index in [1.54, 1.807) is 0 Å². The lowest BCUT2D eigenvalue weighted by Crippen LogP contribution is -2.63. The van der Waals surface area contributed by atoms with Crippen molar-refractivity contribution in [3.05, 3.63) is 108 Å². The molecule has 0 aliphatic carbocycles. The molecule has 0 radical (unpaired) electrons. The van der Waals surface area contributed by atoms with Crippen molar-refractivity contribution in [2.24, 2.45) is 5.92 Å². The van der Waals surface area contributed by atoms with Crippen LogP contribution in [0.3, 0.4) is 0 Å². The van der Waals surface area contributed by atoms with Gasteiger partial charge in [0, 0.05) is 142 Å². The molecule has 0 N–H and O–H groups in total. The second kappa shape index (κ2) is 23.7. The lowest BCUT2D eigenvalue weighted by molar-refractivity contribution is -0.137. The topological polar surface area (TPSA) is 72.0 Å². The largest absolute Gasteiger partial charge is 0.381 e. The van der Waals surface area contributed by atoms with Crippen LogP contribution in [0.5, 0.6) is 0 Å². The van der Waals surface area contributed by atoms with Gasteiger partial charge in [-0.1, -0.05) is 119 Å². The summed E-state index contributed by atoms with van der Waals surface area (Å²) in [5.41, 5.74) is 4.04. The van der Waals surface area contributed by atoms with Gasteiger partial charge in [-0.25, -0.2) is 0 Å². The molecule has 3 aromatic carbocycles. The van der Waals surface area contributed by atoms with Gasteiger partial charge in [0.2, 0.25) is 11.8 Å². The first kappa shape index (κ1) is 46.9. The summed E-state index contributed by atoms with van der Waals surface area (Å²) in [6.45, 7) is 25.3. The Bertz CT molecular complexity index is 1700. The van der Waals surface area contributed by atoms with Crippen molar-refractivity contribution in [1.82, 2.24) is 29.4 Å². The smallest absolute Gasteiger partial charge is 0.222 e. The summed E-state index contributed by atoms with van der Waals surface area (Å²) in [5, 5.41) is 0. The SMILES string of the molecule is CCC(=O)N(CC(C)C)CC1(N2CCN(Cc3ccccc3)CC2)CCOCC1.CCC(=O)N(Cc1ccccc1)CC1(N2CCN(Cc3ccccc3)CC2)CCOCC1. The Balaban J connectivity index is 0.000000205. The number of benzene rings is 3. The highest BCUT2D eigenvalue weighted by Crippen LogP contribution is 2.33. The lowest BCUT2D eigenvalue weighted by atomic mass is 9.86. The maximum Gasteiger partial charge on any atom is 0.222 e. The van der Waals surface area contributed by atoms with Gasteiger partial charge >= 0.3 is 0 Å². The van der Waals surface area contributed by atoms with E-state index in [1.807, 2.05) is 19.9 Å². The van der Waals surface area contributed by atoms with Gasteiger partial charge in [0.25, 0.3) is 0 Å². The molecule has 4 aliphatic rings. The van der Waals surface area contributed by atoms with Gasteiger partial charge in [0.1, 0.15) is 0 Å². The molecule has 4 heterocycles. The molecule has 10 nitrogen and oxygen atoms in total. The first-order valence-corrected chi connectivity index (χ1v) is 23.5. The van der Waals surface area contributed by atoms with Crippen molar-refractivity contribution in [3.63, 3.8) is 0 Å². The highest BCUT2D eigenvalue weighted by Gasteiger charge is 2.43. The van der Waals surface area contributed by atoms with E-state index in [0.29, 0.717) is 25.3 Å². The van der Waals surface area contributed by atoms with Crippen LogP contribution in [0.2, 0.25) is 0 Å². The summed E-state index contributed by atoms with van der Waals surface area (Å²) < 4.78 is 11.5. The van der Waals surface area contributed by atoms with Crippen molar-refractivity contribution < 1.29 is 19.1 Å². The Morgan fingerprint density at radius 3 is 1.28 bits per heavy atom. The minimum absolute atomic E-state index is 0.0106. The number of hydrogen-bond donors (Lipinski definition) is 0. The van der Waals surface area contributed by atoms with E-state index >= 15 is 0 Å². The Morgan fingerprint density at radius 1 is 0.541 bits per heavy atom. The van der Waals surface area contributed by atoms with E-state index in [0.717, 1.165) is 137 Å². The molecule has 334 valence electrons.